The van der Waals surface area contributed by atoms with Crippen LogP contribution in [0.4, 0.5) is 8.78 Å². The Bertz CT molecular complexity index is 3700. The van der Waals surface area contributed by atoms with Gasteiger partial charge in [0.15, 0.2) is 0 Å². The molecule has 0 fully saturated rings. The minimum atomic E-state index is -0.684. The Morgan fingerprint density at radius 2 is 0.600 bits per heavy atom. The van der Waals surface area contributed by atoms with Crippen molar-refractivity contribution in [1.29, 1.82) is 5.26 Å². The van der Waals surface area contributed by atoms with Crippen LogP contribution in [0, 0.1) is 50.7 Å². The lowest BCUT2D eigenvalue weighted by Crippen LogP contribution is -2.05. The molecule has 0 atom stereocenters. The van der Waals surface area contributed by atoms with Gasteiger partial charge in [0, 0.05) is 27.6 Å². The normalized spacial score (nSPS) is 11.6. The Morgan fingerprint density at radius 1 is 0.314 bits per heavy atom. The first-order valence-electron chi connectivity index (χ1n) is 23.6. The lowest BCUT2D eigenvalue weighted by Gasteiger charge is -2.19. The second kappa shape index (κ2) is 16.7. The first kappa shape index (κ1) is 42.5. The third kappa shape index (κ3) is 7.33. The smallest absolute Gasteiger partial charge is 0.126 e. The van der Waals surface area contributed by atoms with Crippen LogP contribution >= 0.6 is 0 Å². The minimum Gasteiger partial charge on any atom is -0.308 e. The lowest BCUT2D eigenvalue weighted by molar-refractivity contribution is 0.584. The van der Waals surface area contributed by atoms with Crippen LogP contribution in [0.5, 0.6) is 0 Å². The molecule has 12 aromatic rings. The van der Waals surface area contributed by atoms with E-state index in [1.165, 1.54) is 34.4 Å². The highest BCUT2D eigenvalue weighted by molar-refractivity contribution is 6.14. The van der Waals surface area contributed by atoms with E-state index in [1.54, 1.807) is 0 Å². The molecule has 0 unspecified atom stereocenters. The van der Waals surface area contributed by atoms with E-state index in [2.05, 4.69) is 213 Å². The topological polar surface area (TPSA) is 33.6 Å². The molecule has 0 amide bonds. The molecule has 0 radical (unpaired) electrons. The third-order valence-electron chi connectivity index (χ3n) is 13.8. The second-order valence-corrected chi connectivity index (χ2v) is 18.7. The van der Waals surface area contributed by atoms with E-state index >= 15 is 8.78 Å². The maximum atomic E-state index is 15.3. The number of halogens is 2. The summed E-state index contributed by atoms with van der Waals surface area (Å²) in [6, 6.07) is 70.2. The maximum absolute atomic E-state index is 15.3. The zero-order chi connectivity index (χ0) is 47.8. The van der Waals surface area contributed by atoms with Crippen molar-refractivity contribution < 1.29 is 8.78 Å². The highest BCUT2D eigenvalue weighted by atomic mass is 19.1. The van der Waals surface area contributed by atoms with Crippen molar-refractivity contribution in [3.8, 4) is 73.1 Å². The van der Waals surface area contributed by atoms with Crippen molar-refractivity contribution in [2.24, 2.45) is 0 Å². The van der Waals surface area contributed by atoms with Gasteiger partial charge in [-0.2, -0.15) is 5.26 Å². The van der Waals surface area contributed by atoms with Crippen LogP contribution in [-0.2, 0) is 0 Å². The van der Waals surface area contributed by atoms with E-state index in [-0.39, 0.29) is 0 Å². The molecule has 0 aliphatic rings. The van der Waals surface area contributed by atoms with Gasteiger partial charge in [-0.1, -0.05) is 144 Å². The first-order chi connectivity index (χ1) is 34.1. The van der Waals surface area contributed by atoms with Gasteiger partial charge in [-0.05, 0) is 156 Å². The predicted octanol–water partition coefficient (Wildman–Crippen LogP) is 17.6. The predicted molar refractivity (Wildman–Crippen MR) is 286 cm³/mol. The van der Waals surface area contributed by atoms with Crippen LogP contribution in [0.2, 0.25) is 0 Å². The second-order valence-electron chi connectivity index (χ2n) is 18.7. The highest BCUT2D eigenvalue weighted by Crippen LogP contribution is 2.44. The molecule has 0 spiro atoms. The van der Waals surface area contributed by atoms with Gasteiger partial charge in [0.2, 0.25) is 0 Å². The van der Waals surface area contributed by atoms with Crippen LogP contribution in [0.15, 0.2) is 200 Å². The van der Waals surface area contributed by atoms with Gasteiger partial charge in [-0.15, -0.1) is 0 Å². The zero-order valence-electron chi connectivity index (χ0n) is 39.2. The fraction of sp³-hybridized carbons (Fsp3) is 0.0615. The number of rotatable bonds is 7. The minimum absolute atomic E-state index is 0.359. The van der Waals surface area contributed by atoms with Gasteiger partial charge in [0.05, 0.1) is 33.4 Å². The largest absolute Gasteiger partial charge is 0.308 e. The number of hydrogen-bond acceptors (Lipinski definition) is 1. The average molecular weight is 906 g/mol. The summed E-state index contributed by atoms with van der Waals surface area (Å²) in [5, 5.41) is 15.8. The van der Waals surface area contributed by atoms with Crippen LogP contribution in [0.25, 0.3) is 111 Å². The van der Waals surface area contributed by atoms with E-state index < -0.39 is 11.6 Å². The van der Waals surface area contributed by atoms with E-state index in [0.29, 0.717) is 28.1 Å². The highest BCUT2D eigenvalue weighted by Gasteiger charge is 2.24. The fourth-order valence-electron chi connectivity index (χ4n) is 10.5. The van der Waals surface area contributed by atoms with E-state index in [9.17, 15) is 5.26 Å². The number of nitrogens with zero attached hydrogens (tertiary/aromatic N) is 3. The first-order valence-corrected chi connectivity index (χ1v) is 23.6. The Kier molecular flexibility index (Phi) is 10.2. The van der Waals surface area contributed by atoms with Crippen molar-refractivity contribution in [3.05, 3.63) is 240 Å². The number of nitriles is 1. The van der Waals surface area contributed by atoms with Crippen LogP contribution in [-0.4, -0.2) is 9.13 Å². The van der Waals surface area contributed by atoms with Crippen molar-refractivity contribution in [3.63, 3.8) is 0 Å². The third-order valence-corrected chi connectivity index (χ3v) is 13.8. The monoisotopic (exact) mass is 905 g/mol. The molecule has 3 nitrogen and oxygen atoms in total. The van der Waals surface area contributed by atoms with Crippen molar-refractivity contribution in [1.82, 2.24) is 9.13 Å². The van der Waals surface area contributed by atoms with Gasteiger partial charge in [0.1, 0.15) is 23.3 Å². The van der Waals surface area contributed by atoms with E-state index in [0.717, 1.165) is 94.2 Å². The van der Waals surface area contributed by atoms with Gasteiger partial charge in [-0.25, -0.2) is 8.78 Å². The molecule has 5 heteroatoms. The molecule has 0 N–H and O–H groups in total. The van der Waals surface area contributed by atoms with Crippen LogP contribution in [0.3, 0.4) is 0 Å². The Hall–Kier alpha value is -8.85. The van der Waals surface area contributed by atoms with Crippen molar-refractivity contribution in [2.75, 3.05) is 0 Å². The lowest BCUT2D eigenvalue weighted by atomic mass is 9.99. The SMILES string of the molecule is Cc1cccc(-c2ccc3c(c2)c2cc(-c4cccc(C)c4)ccc2n3-c2cc(-c3cc(F)cc(F)c3)cc(-n3c4ccc(-c5cccc(C)c5)cc4c4cc(-c5cccc(C)c5)ccc43)c2C#N)c1. The zero-order valence-corrected chi connectivity index (χ0v) is 39.2. The molecule has 70 heavy (non-hydrogen) atoms. The number of aryl methyl sites for hydroxylation is 4. The molecule has 2 heterocycles. The molecule has 10 aromatic carbocycles. The van der Waals surface area contributed by atoms with Gasteiger partial charge in [0.25, 0.3) is 0 Å². The molecule has 12 rings (SSSR count). The number of fused-ring (bicyclic) bond motifs is 6. The summed E-state index contributed by atoms with van der Waals surface area (Å²) in [5.74, 6) is -1.37. The van der Waals surface area contributed by atoms with Crippen LogP contribution < -0.4 is 0 Å². The Morgan fingerprint density at radius 3 is 0.886 bits per heavy atom. The molecule has 334 valence electrons. The Labute approximate surface area is 405 Å². The number of hydrogen-bond donors (Lipinski definition) is 0. The summed E-state index contributed by atoms with van der Waals surface area (Å²) < 4.78 is 35.0. The summed E-state index contributed by atoms with van der Waals surface area (Å²) in [5.41, 5.74) is 19.5. The maximum Gasteiger partial charge on any atom is 0.126 e. The summed E-state index contributed by atoms with van der Waals surface area (Å²) in [7, 11) is 0. The van der Waals surface area contributed by atoms with Crippen molar-refractivity contribution in [2.45, 2.75) is 27.7 Å². The van der Waals surface area contributed by atoms with Crippen molar-refractivity contribution >= 4 is 43.6 Å². The summed E-state index contributed by atoms with van der Waals surface area (Å²) in [6.07, 6.45) is 0. The summed E-state index contributed by atoms with van der Waals surface area (Å²) >= 11 is 0. The summed E-state index contributed by atoms with van der Waals surface area (Å²) in [6.45, 7) is 8.40. The standard InChI is InChI=1S/C65H45F2N3/c1-39-9-5-13-43(25-39)47-17-21-60-55(31-47)56-32-48(44-14-6-10-40(2)26-44)18-22-61(56)69(60)64-35-52(51-29-53(66)37-54(67)30-51)36-65(59(64)38-68)70-62-23-19-49(45-15-7-11-41(3)27-45)33-57(62)58-34-50(20-24-63(58)70)46-16-8-12-42(4)28-46/h5-37H,1-4H3. The number of benzene rings is 10. The summed E-state index contributed by atoms with van der Waals surface area (Å²) in [4.78, 5) is 0. The Balaban J connectivity index is 1.19. The van der Waals surface area contributed by atoms with Gasteiger partial charge >= 0.3 is 0 Å². The average Bonchev–Trinajstić information content (AvgIpc) is 3.86. The molecule has 0 aliphatic heterocycles. The molecular weight excluding hydrogens is 861 g/mol. The van der Waals surface area contributed by atoms with Crippen LogP contribution in [0.1, 0.15) is 27.8 Å². The molecule has 2 aromatic heterocycles. The quantitative estimate of drug-likeness (QED) is 0.157. The molecule has 0 saturated carbocycles. The van der Waals surface area contributed by atoms with E-state index in [4.69, 9.17) is 0 Å². The molecule has 0 saturated heterocycles. The number of aromatic nitrogens is 2. The fourth-order valence-corrected chi connectivity index (χ4v) is 10.5. The van der Waals surface area contributed by atoms with Gasteiger partial charge in [-0.3, -0.25) is 0 Å². The van der Waals surface area contributed by atoms with E-state index in [1.807, 2.05) is 12.1 Å². The molecule has 0 aliphatic carbocycles. The van der Waals surface area contributed by atoms with Gasteiger partial charge < -0.3 is 9.13 Å². The molecular formula is C65H45F2N3. The molecule has 0 bridgehead atoms.